The van der Waals surface area contributed by atoms with E-state index in [-0.39, 0.29) is 17.3 Å². The van der Waals surface area contributed by atoms with Gasteiger partial charge in [0.05, 0.1) is 30.9 Å². The number of hydrogen-bond donors (Lipinski definition) is 2. The number of ether oxygens (including phenoxy) is 3. The van der Waals surface area contributed by atoms with Gasteiger partial charge in [-0.1, -0.05) is 29.3 Å². The van der Waals surface area contributed by atoms with Crippen molar-refractivity contribution in [3.05, 3.63) is 69.0 Å². The van der Waals surface area contributed by atoms with Crippen LogP contribution in [-0.2, 0) is 0 Å². The molecule has 2 heterocycles. The lowest BCUT2D eigenvalue weighted by Crippen LogP contribution is -2.21. The standard InChI is InChI=1S/C22H18Cl2N4O3/c1-3-30-16-7-4-11(8-17(16)29-2)20-19-18(13-6-5-12(23)9-15(13)24)14(10-25)21(26)31-22(19)28-27-20/h4-9,18H,3,26H2,1-2H3,(H,27,28)/t18-/m1/s1. The van der Waals surface area contributed by atoms with E-state index in [2.05, 4.69) is 16.3 Å². The highest BCUT2D eigenvalue weighted by atomic mass is 35.5. The summed E-state index contributed by atoms with van der Waals surface area (Å²) in [7, 11) is 1.57. The molecule has 1 atom stereocenters. The Morgan fingerprint density at radius 3 is 2.71 bits per heavy atom. The number of nitriles is 1. The van der Waals surface area contributed by atoms with E-state index in [1.54, 1.807) is 25.3 Å². The molecular weight excluding hydrogens is 439 g/mol. The van der Waals surface area contributed by atoms with Gasteiger partial charge < -0.3 is 19.9 Å². The van der Waals surface area contributed by atoms with Gasteiger partial charge in [-0.25, -0.2) is 0 Å². The molecule has 0 amide bonds. The van der Waals surface area contributed by atoms with Gasteiger partial charge in [0.25, 0.3) is 0 Å². The van der Waals surface area contributed by atoms with Crippen LogP contribution >= 0.6 is 23.2 Å². The monoisotopic (exact) mass is 456 g/mol. The van der Waals surface area contributed by atoms with Crippen molar-refractivity contribution in [2.75, 3.05) is 13.7 Å². The first-order valence-corrected chi connectivity index (χ1v) is 10.2. The predicted molar refractivity (Wildman–Crippen MR) is 118 cm³/mol. The van der Waals surface area contributed by atoms with E-state index in [1.807, 2.05) is 25.1 Å². The molecule has 31 heavy (non-hydrogen) atoms. The molecule has 0 saturated heterocycles. The number of methoxy groups -OCH3 is 1. The molecule has 1 aromatic heterocycles. The van der Waals surface area contributed by atoms with Gasteiger partial charge >= 0.3 is 0 Å². The van der Waals surface area contributed by atoms with Gasteiger partial charge in [0.2, 0.25) is 11.8 Å². The van der Waals surface area contributed by atoms with E-state index in [4.69, 9.17) is 43.1 Å². The van der Waals surface area contributed by atoms with E-state index in [0.29, 0.717) is 45.0 Å². The Labute approximate surface area is 188 Å². The Morgan fingerprint density at radius 1 is 1.23 bits per heavy atom. The summed E-state index contributed by atoms with van der Waals surface area (Å²) < 4.78 is 16.7. The second-order valence-corrected chi connectivity index (χ2v) is 7.55. The van der Waals surface area contributed by atoms with E-state index < -0.39 is 5.92 Å². The Bertz CT molecular complexity index is 1230. The first kappa shape index (κ1) is 20.9. The number of hydrogen-bond acceptors (Lipinski definition) is 6. The summed E-state index contributed by atoms with van der Waals surface area (Å²) in [5, 5.41) is 18.0. The van der Waals surface area contributed by atoms with E-state index in [9.17, 15) is 5.26 Å². The van der Waals surface area contributed by atoms with Crippen LogP contribution in [0.2, 0.25) is 10.0 Å². The summed E-state index contributed by atoms with van der Waals surface area (Å²) in [4.78, 5) is 0. The fraction of sp³-hybridized carbons (Fsp3) is 0.182. The molecule has 0 saturated carbocycles. The number of benzene rings is 2. The summed E-state index contributed by atoms with van der Waals surface area (Å²) in [6, 6.07) is 12.8. The van der Waals surface area contributed by atoms with Crippen molar-refractivity contribution in [1.82, 2.24) is 10.2 Å². The molecule has 158 valence electrons. The van der Waals surface area contributed by atoms with Crippen LogP contribution in [0.1, 0.15) is 24.0 Å². The van der Waals surface area contributed by atoms with Crippen molar-refractivity contribution in [1.29, 1.82) is 5.26 Å². The van der Waals surface area contributed by atoms with Crippen LogP contribution in [0, 0.1) is 11.3 Å². The Balaban J connectivity index is 1.92. The van der Waals surface area contributed by atoms with E-state index in [0.717, 1.165) is 5.56 Å². The molecule has 0 fully saturated rings. The number of halogens is 2. The molecule has 0 spiro atoms. The molecule has 7 nitrogen and oxygen atoms in total. The van der Waals surface area contributed by atoms with Crippen LogP contribution in [0.4, 0.5) is 0 Å². The van der Waals surface area contributed by atoms with Crippen molar-refractivity contribution in [2.24, 2.45) is 5.73 Å². The number of nitrogens with two attached hydrogens (primary N) is 1. The summed E-state index contributed by atoms with van der Waals surface area (Å²) in [6.07, 6.45) is 0. The highest BCUT2D eigenvalue weighted by Crippen LogP contribution is 2.48. The lowest BCUT2D eigenvalue weighted by molar-refractivity contribution is 0.311. The predicted octanol–water partition coefficient (Wildman–Crippen LogP) is 5.01. The molecule has 4 rings (SSSR count). The van der Waals surface area contributed by atoms with Gasteiger partial charge in [0.1, 0.15) is 11.6 Å². The van der Waals surface area contributed by atoms with Crippen LogP contribution in [-0.4, -0.2) is 23.9 Å². The van der Waals surface area contributed by atoms with E-state index >= 15 is 0 Å². The number of H-pyrrole nitrogens is 1. The third-order valence-corrected chi connectivity index (χ3v) is 5.53. The zero-order valence-corrected chi connectivity index (χ0v) is 18.2. The minimum absolute atomic E-state index is 0.0201. The molecule has 1 aliphatic heterocycles. The quantitative estimate of drug-likeness (QED) is 0.558. The SMILES string of the molecule is CCOc1ccc(-c2[nH]nc3c2[C@H](c2ccc(Cl)cc2Cl)C(C#N)=C(N)O3)cc1OC. The van der Waals surface area contributed by atoms with Crippen molar-refractivity contribution in [3.8, 4) is 34.7 Å². The summed E-state index contributed by atoms with van der Waals surface area (Å²) >= 11 is 12.6. The number of nitrogens with one attached hydrogen (secondary N) is 1. The fourth-order valence-electron chi connectivity index (χ4n) is 3.61. The molecular formula is C22H18Cl2N4O3. The third kappa shape index (κ3) is 3.65. The van der Waals surface area contributed by atoms with Gasteiger partial charge in [-0.3, -0.25) is 5.10 Å². The number of fused-ring (bicyclic) bond motifs is 1. The minimum atomic E-state index is -0.593. The highest BCUT2D eigenvalue weighted by Gasteiger charge is 2.36. The summed E-state index contributed by atoms with van der Waals surface area (Å²) in [6.45, 7) is 2.41. The zero-order valence-electron chi connectivity index (χ0n) is 16.7. The zero-order chi connectivity index (χ0) is 22.1. The van der Waals surface area contributed by atoms with Gasteiger partial charge in [0.15, 0.2) is 11.5 Å². The molecule has 0 bridgehead atoms. The molecule has 2 aromatic carbocycles. The van der Waals surface area contributed by atoms with Crippen molar-refractivity contribution < 1.29 is 14.2 Å². The molecule has 0 unspecified atom stereocenters. The maximum Gasteiger partial charge on any atom is 0.244 e. The molecule has 1 aliphatic rings. The molecule has 3 N–H and O–H groups in total. The van der Waals surface area contributed by atoms with Crippen molar-refractivity contribution in [2.45, 2.75) is 12.8 Å². The van der Waals surface area contributed by atoms with Crippen LogP contribution in [0.15, 0.2) is 47.9 Å². The maximum absolute atomic E-state index is 9.84. The number of aromatic nitrogens is 2. The third-order valence-electron chi connectivity index (χ3n) is 4.96. The van der Waals surface area contributed by atoms with Crippen LogP contribution < -0.4 is 19.9 Å². The first-order valence-electron chi connectivity index (χ1n) is 9.40. The van der Waals surface area contributed by atoms with Crippen molar-refractivity contribution >= 4 is 23.2 Å². The van der Waals surface area contributed by atoms with Crippen LogP contribution in [0.3, 0.4) is 0 Å². The Hall–Kier alpha value is -3.34. The van der Waals surface area contributed by atoms with Gasteiger partial charge in [-0.2, -0.15) is 5.26 Å². The summed E-state index contributed by atoms with van der Waals surface area (Å²) in [5.41, 5.74) is 8.99. The van der Waals surface area contributed by atoms with Crippen LogP contribution in [0.25, 0.3) is 11.3 Å². The van der Waals surface area contributed by atoms with Gasteiger partial charge in [-0.05, 0) is 42.8 Å². The average Bonchev–Trinajstić information content (AvgIpc) is 3.17. The summed E-state index contributed by atoms with van der Waals surface area (Å²) in [5.74, 6) is 0.849. The van der Waals surface area contributed by atoms with Gasteiger partial charge in [-0.15, -0.1) is 5.10 Å². The lowest BCUT2D eigenvalue weighted by atomic mass is 9.83. The minimum Gasteiger partial charge on any atom is -0.493 e. The Morgan fingerprint density at radius 2 is 2.03 bits per heavy atom. The number of allylic oxidation sites excluding steroid dienone is 1. The topological polar surface area (TPSA) is 106 Å². The smallest absolute Gasteiger partial charge is 0.244 e. The van der Waals surface area contributed by atoms with E-state index in [1.165, 1.54) is 0 Å². The average molecular weight is 457 g/mol. The number of aromatic amines is 1. The van der Waals surface area contributed by atoms with Gasteiger partial charge in [0, 0.05) is 15.6 Å². The fourth-order valence-corrected chi connectivity index (χ4v) is 4.13. The Kier molecular flexibility index (Phi) is 5.68. The molecule has 3 aromatic rings. The van der Waals surface area contributed by atoms with Crippen LogP contribution in [0.5, 0.6) is 17.4 Å². The molecule has 0 radical (unpaired) electrons. The molecule has 9 heteroatoms. The second-order valence-electron chi connectivity index (χ2n) is 6.71. The molecule has 0 aliphatic carbocycles. The maximum atomic E-state index is 9.84. The normalized spacial score (nSPS) is 15.1. The number of nitrogens with zero attached hydrogens (tertiary/aromatic N) is 2. The van der Waals surface area contributed by atoms with Crippen molar-refractivity contribution in [3.63, 3.8) is 0 Å². The first-order chi connectivity index (χ1) is 15.0. The lowest BCUT2D eigenvalue weighted by Gasteiger charge is -2.25. The highest BCUT2D eigenvalue weighted by molar-refractivity contribution is 6.35. The second kappa shape index (κ2) is 8.42. The largest absolute Gasteiger partial charge is 0.493 e. The number of rotatable bonds is 5.